The number of carbonyl (C=O) groups is 2. The Hall–Kier alpha value is -1.66. The van der Waals surface area contributed by atoms with Gasteiger partial charge >= 0.3 is 0 Å². The number of nitrogens with zero attached hydrogens (tertiary/aromatic N) is 2. The first-order chi connectivity index (χ1) is 10.3. The highest BCUT2D eigenvalue weighted by molar-refractivity contribution is 9.10. The molecule has 5 nitrogen and oxygen atoms in total. The number of hydrogen-bond donors (Lipinski definition) is 1. The minimum Gasteiger partial charge on any atom is -0.503 e. The predicted molar refractivity (Wildman–Crippen MR) is 87.5 cm³/mol. The molecule has 1 heterocycles. The van der Waals surface area contributed by atoms with Crippen LogP contribution in [0.2, 0.25) is 0 Å². The van der Waals surface area contributed by atoms with E-state index in [1.165, 1.54) is 6.92 Å². The van der Waals surface area contributed by atoms with E-state index in [1.54, 1.807) is 4.90 Å². The normalized spacial score (nSPS) is 18.5. The lowest BCUT2D eigenvalue weighted by Gasteiger charge is -2.27. The maximum absolute atomic E-state index is 12.3. The highest BCUT2D eigenvalue weighted by Gasteiger charge is 2.41. The summed E-state index contributed by atoms with van der Waals surface area (Å²) >= 11 is 3.37. The molecule has 0 radical (unpaired) electrons. The lowest BCUT2D eigenvalue weighted by molar-refractivity contribution is -0.129. The van der Waals surface area contributed by atoms with Gasteiger partial charge in [-0.1, -0.05) is 28.1 Å². The minimum absolute atomic E-state index is 0.172. The molecule has 0 saturated heterocycles. The Balaban J connectivity index is 2.43. The van der Waals surface area contributed by atoms with Gasteiger partial charge in [0.2, 0.25) is 0 Å². The number of rotatable bonds is 5. The van der Waals surface area contributed by atoms with Gasteiger partial charge in [-0.2, -0.15) is 0 Å². The van der Waals surface area contributed by atoms with Crippen LogP contribution in [0.1, 0.15) is 18.5 Å². The Morgan fingerprint density at radius 1 is 1.32 bits per heavy atom. The van der Waals surface area contributed by atoms with Crippen LogP contribution in [-0.4, -0.2) is 53.8 Å². The summed E-state index contributed by atoms with van der Waals surface area (Å²) in [5.74, 6) is -1.20. The van der Waals surface area contributed by atoms with Gasteiger partial charge < -0.3 is 14.9 Å². The molecule has 1 aromatic carbocycles. The summed E-state index contributed by atoms with van der Waals surface area (Å²) in [6.45, 7) is 2.46. The molecule has 1 amide bonds. The van der Waals surface area contributed by atoms with Crippen molar-refractivity contribution >= 4 is 27.6 Å². The van der Waals surface area contributed by atoms with Gasteiger partial charge in [0.25, 0.3) is 5.91 Å². The van der Waals surface area contributed by atoms with Crippen LogP contribution in [0.25, 0.3) is 0 Å². The molecule has 22 heavy (non-hydrogen) atoms. The maximum atomic E-state index is 12.3. The average molecular weight is 367 g/mol. The van der Waals surface area contributed by atoms with Crippen molar-refractivity contribution in [2.24, 2.45) is 0 Å². The van der Waals surface area contributed by atoms with Crippen LogP contribution in [0, 0.1) is 0 Å². The second-order valence-electron chi connectivity index (χ2n) is 5.57. The molecular weight excluding hydrogens is 348 g/mol. The number of amides is 1. The Kier molecular flexibility index (Phi) is 5.03. The van der Waals surface area contributed by atoms with Crippen LogP contribution in [0.3, 0.4) is 0 Å². The van der Waals surface area contributed by atoms with E-state index in [1.807, 2.05) is 43.3 Å². The summed E-state index contributed by atoms with van der Waals surface area (Å²) in [4.78, 5) is 27.7. The van der Waals surface area contributed by atoms with Gasteiger partial charge in [0.1, 0.15) is 0 Å². The van der Waals surface area contributed by atoms with Gasteiger partial charge in [-0.05, 0) is 38.7 Å². The molecule has 0 spiro atoms. The highest BCUT2D eigenvalue weighted by atomic mass is 79.9. The largest absolute Gasteiger partial charge is 0.503 e. The molecule has 0 saturated carbocycles. The van der Waals surface area contributed by atoms with Gasteiger partial charge in [-0.15, -0.1) is 0 Å². The molecule has 0 unspecified atom stereocenters. The van der Waals surface area contributed by atoms with Crippen LogP contribution in [-0.2, 0) is 9.59 Å². The van der Waals surface area contributed by atoms with E-state index < -0.39 is 17.7 Å². The molecule has 1 aromatic rings. The molecule has 0 aromatic heterocycles. The smallest absolute Gasteiger partial charge is 0.290 e. The van der Waals surface area contributed by atoms with Crippen molar-refractivity contribution < 1.29 is 14.7 Å². The fraction of sp³-hybridized carbons (Fsp3) is 0.375. The number of likely N-dealkylation sites (N-methyl/N-ethyl adjacent to an activating group) is 1. The van der Waals surface area contributed by atoms with Gasteiger partial charge in [0.15, 0.2) is 11.5 Å². The molecular formula is C16H19BrN2O3. The zero-order valence-corrected chi connectivity index (χ0v) is 14.4. The van der Waals surface area contributed by atoms with Crippen molar-refractivity contribution in [1.29, 1.82) is 0 Å². The lowest BCUT2D eigenvalue weighted by Crippen LogP contribution is -2.36. The standard InChI is InChI=1S/C16H19BrN2O3/c1-10(20)13-14(11-4-6-12(17)7-5-11)19(9-8-18(2)3)16(22)15(13)21/h4-7,14,21H,8-9H2,1-3H3/t14-/m1/s1. The SMILES string of the molecule is CC(=O)C1=C(O)C(=O)N(CCN(C)C)[C@@H]1c1ccc(Br)cc1. The van der Waals surface area contributed by atoms with Crippen molar-refractivity contribution in [3.05, 3.63) is 45.6 Å². The molecule has 1 aliphatic rings. The van der Waals surface area contributed by atoms with E-state index in [-0.39, 0.29) is 11.4 Å². The number of benzene rings is 1. The molecule has 0 bridgehead atoms. The Labute approximate surface area is 138 Å². The second-order valence-corrected chi connectivity index (χ2v) is 6.49. The number of halogens is 1. The Morgan fingerprint density at radius 3 is 2.41 bits per heavy atom. The number of aliphatic hydroxyl groups is 1. The third kappa shape index (κ3) is 3.23. The summed E-state index contributed by atoms with van der Waals surface area (Å²) < 4.78 is 0.915. The van der Waals surface area contributed by atoms with Crippen LogP contribution >= 0.6 is 15.9 Å². The van der Waals surface area contributed by atoms with Crippen molar-refractivity contribution in [2.75, 3.05) is 27.2 Å². The number of carbonyl (C=O) groups excluding carboxylic acids is 2. The molecule has 1 N–H and O–H groups in total. The van der Waals surface area contributed by atoms with Crippen molar-refractivity contribution in [3.63, 3.8) is 0 Å². The molecule has 6 heteroatoms. The Bertz CT molecular complexity index is 623. The summed E-state index contributed by atoms with van der Waals surface area (Å²) in [6.07, 6.45) is 0. The zero-order valence-electron chi connectivity index (χ0n) is 12.8. The maximum Gasteiger partial charge on any atom is 0.290 e. The van der Waals surface area contributed by atoms with Crippen LogP contribution in [0.5, 0.6) is 0 Å². The van der Waals surface area contributed by atoms with Crippen LogP contribution < -0.4 is 0 Å². The van der Waals surface area contributed by atoms with E-state index in [9.17, 15) is 14.7 Å². The highest BCUT2D eigenvalue weighted by Crippen LogP contribution is 2.37. The fourth-order valence-electron chi connectivity index (χ4n) is 2.54. The van der Waals surface area contributed by atoms with E-state index in [0.717, 1.165) is 10.0 Å². The van der Waals surface area contributed by atoms with Crippen molar-refractivity contribution in [3.8, 4) is 0 Å². The zero-order chi connectivity index (χ0) is 16.4. The monoisotopic (exact) mass is 366 g/mol. The molecule has 0 fully saturated rings. The predicted octanol–water partition coefficient (Wildman–Crippen LogP) is 2.30. The van der Waals surface area contributed by atoms with Gasteiger partial charge in [-0.3, -0.25) is 9.59 Å². The number of aliphatic hydroxyl groups excluding tert-OH is 1. The van der Waals surface area contributed by atoms with Crippen molar-refractivity contribution in [2.45, 2.75) is 13.0 Å². The van der Waals surface area contributed by atoms with E-state index in [0.29, 0.717) is 13.1 Å². The second kappa shape index (κ2) is 6.62. The molecule has 1 atom stereocenters. The topological polar surface area (TPSA) is 60.9 Å². The molecule has 2 rings (SSSR count). The molecule has 0 aliphatic carbocycles. The number of Topliss-reactive ketones (excluding diaryl/α,β-unsaturated/α-hetero) is 1. The summed E-state index contributed by atoms with van der Waals surface area (Å²) in [5, 5.41) is 10.1. The molecule has 118 valence electrons. The summed E-state index contributed by atoms with van der Waals surface area (Å²) in [7, 11) is 3.82. The van der Waals surface area contributed by atoms with Crippen molar-refractivity contribution in [1.82, 2.24) is 9.80 Å². The van der Waals surface area contributed by atoms with E-state index in [4.69, 9.17) is 0 Å². The quantitative estimate of drug-likeness (QED) is 0.868. The van der Waals surface area contributed by atoms with Gasteiger partial charge in [0.05, 0.1) is 11.6 Å². The average Bonchev–Trinajstić information content (AvgIpc) is 2.70. The summed E-state index contributed by atoms with van der Waals surface area (Å²) in [6, 6.07) is 6.89. The van der Waals surface area contributed by atoms with Crippen LogP contribution in [0.4, 0.5) is 0 Å². The number of hydrogen-bond acceptors (Lipinski definition) is 4. The number of ketones is 1. The summed E-state index contributed by atoms with van der Waals surface area (Å²) in [5.41, 5.74) is 0.982. The Morgan fingerprint density at radius 2 is 1.91 bits per heavy atom. The third-order valence-electron chi connectivity index (χ3n) is 3.66. The minimum atomic E-state index is -0.530. The van der Waals surface area contributed by atoms with E-state index in [2.05, 4.69) is 15.9 Å². The first-order valence-electron chi connectivity index (χ1n) is 6.98. The first-order valence-corrected chi connectivity index (χ1v) is 7.77. The fourth-order valence-corrected chi connectivity index (χ4v) is 2.81. The first kappa shape index (κ1) is 16.7. The van der Waals surface area contributed by atoms with E-state index >= 15 is 0 Å². The third-order valence-corrected chi connectivity index (χ3v) is 4.19. The lowest BCUT2D eigenvalue weighted by atomic mass is 9.97. The molecule has 1 aliphatic heterocycles. The van der Waals surface area contributed by atoms with Gasteiger partial charge in [0, 0.05) is 17.6 Å². The van der Waals surface area contributed by atoms with Crippen LogP contribution in [0.15, 0.2) is 40.1 Å². The van der Waals surface area contributed by atoms with Gasteiger partial charge in [-0.25, -0.2) is 0 Å².